The van der Waals surface area contributed by atoms with Gasteiger partial charge in [0.05, 0.1) is 24.3 Å². The Balaban J connectivity index is 1.54. The second kappa shape index (κ2) is 7.73. The van der Waals surface area contributed by atoms with Crippen LogP contribution in [0.15, 0.2) is 27.6 Å². The first-order chi connectivity index (χ1) is 14.0. The van der Waals surface area contributed by atoms with E-state index in [9.17, 15) is 14.4 Å². The van der Waals surface area contributed by atoms with Crippen LogP contribution in [-0.4, -0.2) is 50.7 Å². The van der Waals surface area contributed by atoms with E-state index in [-0.39, 0.29) is 29.9 Å². The highest BCUT2D eigenvalue weighted by molar-refractivity contribution is 5.82. The van der Waals surface area contributed by atoms with Crippen LogP contribution in [-0.2, 0) is 27.3 Å². The number of aryl methyl sites for hydroxylation is 1. The second-order valence-corrected chi connectivity index (χ2v) is 7.17. The van der Waals surface area contributed by atoms with Crippen molar-refractivity contribution < 1.29 is 18.7 Å². The zero-order valence-corrected chi connectivity index (χ0v) is 16.6. The van der Waals surface area contributed by atoms with E-state index < -0.39 is 0 Å². The molecule has 1 aliphatic rings. The van der Waals surface area contributed by atoms with Gasteiger partial charge in [-0.2, -0.15) is 5.10 Å². The highest BCUT2D eigenvalue weighted by Crippen LogP contribution is 2.21. The number of piperidine rings is 1. The van der Waals surface area contributed by atoms with Gasteiger partial charge >= 0.3 is 5.97 Å². The maximum absolute atomic E-state index is 12.9. The number of aromatic nitrogens is 3. The predicted molar refractivity (Wildman–Crippen MR) is 105 cm³/mol. The molecule has 0 atom stereocenters. The molecule has 0 N–H and O–H groups in total. The molecule has 0 radical (unpaired) electrons. The quantitative estimate of drug-likeness (QED) is 0.604. The van der Waals surface area contributed by atoms with E-state index in [0.717, 1.165) is 5.52 Å². The third-order valence-corrected chi connectivity index (χ3v) is 5.44. The first-order valence-electron chi connectivity index (χ1n) is 9.96. The lowest BCUT2D eigenvalue weighted by Gasteiger charge is -2.31. The van der Waals surface area contributed by atoms with Crippen LogP contribution in [0.2, 0.25) is 0 Å². The molecule has 3 aromatic heterocycles. The molecule has 9 heteroatoms. The van der Waals surface area contributed by atoms with Crippen molar-refractivity contribution in [2.45, 2.75) is 39.7 Å². The molecule has 0 aliphatic carbocycles. The van der Waals surface area contributed by atoms with Gasteiger partial charge in [0.1, 0.15) is 17.9 Å². The summed E-state index contributed by atoms with van der Waals surface area (Å²) in [6.07, 6.45) is 3.32. The van der Waals surface area contributed by atoms with Gasteiger partial charge in [-0.05, 0) is 19.8 Å². The van der Waals surface area contributed by atoms with Crippen LogP contribution < -0.4 is 5.56 Å². The number of fused-ring (bicyclic) bond motifs is 3. The summed E-state index contributed by atoms with van der Waals surface area (Å²) >= 11 is 0. The number of carbonyl (C=O) groups excluding carboxylic acids is 2. The number of likely N-dealkylation sites (tertiary alicyclic amines) is 1. The third kappa shape index (κ3) is 3.41. The molecule has 1 fully saturated rings. The van der Waals surface area contributed by atoms with E-state index >= 15 is 0 Å². The van der Waals surface area contributed by atoms with Crippen molar-refractivity contribution in [1.82, 2.24) is 19.1 Å². The van der Waals surface area contributed by atoms with E-state index in [1.807, 2.05) is 6.92 Å². The predicted octanol–water partition coefficient (Wildman–Crippen LogP) is 1.61. The van der Waals surface area contributed by atoms with Gasteiger partial charge in [-0.1, -0.05) is 6.92 Å². The summed E-state index contributed by atoms with van der Waals surface area (Å²) in [7, 11) is 0. The number of furan rings is 1. The average molecular weight is 400 g/mol. The first kappa shape index (κ1) is 19.2. The SMILES string of the molecule is CCOC(=O)C1CCN(C(=O)Cn2nc(CC)n3c(cc4occc43)c2=O)CC1. The van der Waals surface area contributed by atoms with E-state index in [1.54, 1.807) is 34.6 Å². The van der Waals surface area contributed by atoms with Crippen molar-refractivity contribution in [2.24, 2.45) is 5.92 Å². The molecule has 1 aliphatic heterocycles. The van der Waals surface area contributed by atoms with Gasteiger partial charge in [-0.15, -0.1) is 0 Å². The molecule has 154 valence electrons. The number of esters is 1. The molecule has 3 aromatic rings. The second-order valence-electron chi connectivity index (χ2n) is 7.17. The highest BCUT2D eigenvalue weighted by Gasteiger charge is 2.28. The lowest BCUT2D eigenvalue weighted by molar-refractivity contribution is -0.151. The topological polar surface area (TPSA) is 99.1 Å². The van der Waals surface area contributed by atoms with Gasteiger partial charge < -0.3 is 14.1 Å². The molecule has 29 heavy (non-hydrogen) atoms. The molecule has 1 amide bonds. The number of hydrogen-bond acceptors (Lipinski definition) is 6. The van der Waals surface area contributed by atoms with Crippen LogP contribution in [0.1, 0.15) is 32.5 Å². The smallest absolute Gasteiger partial charge is 0.309 e. The summed E-state index contributed by atoms with van der Waals surface area (Å²) in [6, 6.07) is 3.48. The maximum Gasteiger partial charge on any atom is 0.309 e. The summed E-state index contributed by atoms with van der Waals surface area (Å²) in [4.78, 5) is 39.2. The van der Waals surface area contributed by atoms with Crippen molar-refractivity contribution in [1.29, 1.82) is 0 Å². The summed E-state index contributed by atoms with van der Waals surface area (Å²) in [5, 5.41) is 4.43. The Labute approximate surface area is 166 Å². The molecule has 4 heterocycles. The fourth-order valence-electron chi connectivity index (χ4n) is 3.91. The Kier molecular flexibility index (Phi) is 5.12. The fourth-order valence-corrected chi connectivity index (χ4v) is 3.91. The Morgan fingerprint density at radius 2 is 2.00 bits per heavy atom. The Hall–Kier alpha value is -3.10. The number of nitrogens with zero attached hydrogens (tertiary/aromatic N) is 4. The van der Waals surface area contributed by atoms with Crippen LogP contribution in [0, 0.1) is 5.92 Å². The van der Waals surface area contributed by atoms with Crippen molar-refractivity contribution in [3.8, 4) is 0 Å². The number of ether oxygens (including phenoxy) is 1. The number of rotatable bonds is 5. The van der Waals surface area contributed by atoms with E-state index in [1.165, 1.54) is 4.68 Å². The molecule has 9 nitrogen and oxygen atoms in total. The lowest BCUT2D eigenvalue weighted by atomic mass is 9.97. The van der Waals surface area contributed by atoms with Crippen molar-refractivity contribution in [3.05, 3.63) is 34.6 Å². The zero-order chi connectivity index (χ0) is 20.5. The Bertz CT molecular complexity index is 1120. The Morgan fingerprint density at radius 1 is 1.24 bits per heavy atom. The van der Waals surface area contributed by atoms with E-state index in [4.69, 9.17) is 9.15 Å². The summed E-state index contributed by atoms with van der Waals surface area (Å²) in [6.45, 7) is 4.91. The Morgan fingerprint density at radius 3 is 2.69 bits per heavy atom. The standard InChI is InChI=1S/C20H24N4O5/c1-3-17-21-23(19(26)15-11-16-14(24(15)17)7-10-29-16)12-18(25)22-8-5-13(6-9-22)20(27)28-4-2/h7,10-11,13H,3-6,8-9,12H2,1-2H3. The van der Waals surface area contributed by atoms with Gasteiger partial charge in [0, 0.05) is 31.6 Å². The van der Waals surface area contributed by atoms with Crippen molar-refractivity contribution >= 4 is 28.5 Å². The molecular formula is C20H24N4O5. The molecule has 4 rings (SSSR count). The molecule has 1 saturated heterocycles. The van der Waals surface area contributed by atoms with Gasteiger partial charge in [0.2, 0.25) is 5.91 Å². The minimum atomic E-state index is -0.330. The molecular weight excluding hydrogens is 376 g/mol. The summed E-state index contributed by atoms with van der Waals surface area (Å²) in [5.41, 5.74) is 1.52. The molecule has 0 spiro atoms. The van der Waals surface area contributed by atoms with E-state index in [0.29, 0.717) is 55.9 Å². The largest absolute Gasteiger partial charge is 0.466 e. The first-order valence-corrected chi connectivity index (χ1v) is 9.96. The molecule has 0 saturated carbocycles. The number of hydrogen-bond donors (Lipinski definition) is 0. The minimum absolute atomic E-state index is 0.126. The van der Waals surface area contributed by atoms with E-state index in [2.05, 4.69) is 5.10 Å². The van der Waals surface area contributed by atoms with Gasteiger partial charge in [-0.3, -0.25) is 18.8 Å². The van der Waals surface area contributed by atoms with Gasteiger partial charge in [-0.25, -0.2) is 4.68 Å². The van der Waals surface area contributed by atoms with Crippen LogP contribution in [0.3, 0.4) is 0 Å². The average Bonchev–Trinajstić information content (AvgIpc) is 3.32. The monoisotopic (exact) mass is 400 g/mol. The number of amides is 1. The lowest BCUT2D eigenvalue weighted by Crippen LogP contribution is -2.43. The summed E-state index contributed by atoms with van der Waals surface area (Å²) < 4.78 is 13.5. The van der Waals surface area contributed by atoms with Crippen LogP contribution in [0.5, 0.6) is 0 Å². The van der Waals surface area contributed by atoms with Crippen LogP contribution in [0.4, 0.5) is 0 Å². The molecule has 0 bridgehead atoms. The summed E-state index contributed by atoms with van der Waals surface area (Å²) in [5.74, 6) is 0.139. The van der Waals surface area contributed by atoms with Crippen molar-refractivity contribution in [2.75, 3.05) is 19.7 Å². The fraction of sp³-hybridized carbons (Fsp3) is 0.500. The third-order valence-electron chi connectivity index (χ3n) is 5.44. The minimum Gasteiger partial charge on any atom is -0.466 e. The molecule has 0 aromatic carbocycles. The van der Waals surface area contributed by atoms with Gasteiger partial charge in [0.25, 0.3) is 5.56 Å². The van der Waals surface area contributed by atoms with Gasteiger partial charge in [0.15, 0.2) is 5.58 Å². The van der Waals surface area contributed by atoms with Crippen molar-refractivity contribution in [3.63, 3.8) is 0 Å². The zero-order valence-electron chi connectivity index (χ0n) is 16.6. The maximum atomic E-state index is 12.9. The highest BCUT2D eigenvalue weighted by atomic mass is 16.5. The van der Waals surface area contributed by atoms with Crippen LogP contribution in [0.25, 0.3) is 16.6 Å². The molecule has 0 unspecified atom stereocenters. The number of carbonyl (C=O) groups is 2. The normalized spacial score (nSPS) is 15.3. The van der Waals surface area contributed by atoms with Crippen LogP contribution >= 0.6 is 0 Å².